The Morgan fingerprint density at radius 2 is 2.11 bits per heavy atom. The molecule has 0 spiro atoms. The molecule has 0 amide bonds. The van der Waals surface area contributed by atoms with Crippen molar-refractivity contribution in [1.82, 2.24) is 0 Å². The van der Waals surface area contributed by atoms with Crippen LogP contribution in [0.2, 0.25) is 0 Å². The number of aromatic hydroxyl groups is 1. The van der Waals surface area contributed by atoms with Crippen LogP contribution in [0.15, 0.2) is 16.6 Å². The number of nitro groups is 1. The molecule has 4 N–H and O–H groups in total. The van der Waals surface area contributed by atoms with E-state index in [-0.39, 0.29) is 27.4 Å². The molecular formula is C12H15BrN2O4. The monoisotopic (exact) mass is 330 g/mol. The fourth-order valence-corrected chi connectivity index (χ4v) is 2.69. The molecular weight excluding hydrogens is 316 g/mol. The van der Waals surface area contributed by atoms with Crippen molar-refractivity contribution in [1.29, 1.82) is 0 Å². The lowest BCUT2D eigenvalue weighted by Crippen LogP contribution is -2.36. The molecule has 0 heterocycles. The predicted octanol–water partition coefficient (Wildman–Crippen LogP) is 2.22. The second-order valence-corrected chi connectivity index (χ2v) is 5.68. The Balaban J connectivity index is 2.34. The van der Waals surface area contributed by atoms with Crippen molar-refractivity contribution in [3.8, 4) is 5.75 Å². The van der Waals surface area contributed by atoms with Crippen LogP contribution in [-0.4, -0.2) is 21.2 Å². The van der Waals surface area contributed by atoms with E-state index in [1.54, 1.807) is 0 Å². The molecule has 0 aliphatic heterocycles. The lowest BCUT2D eigenvalue weighted by molar-refractivity contribution is -0.385. The van der Waals surface area contributed by atoms with Gasteiger partial charge in [0.05, 0.1) is 21.5 Å². The first kappa shape index (κ1) is 14.2. The second-order valence-electron chi connectivity index (χ2n) is 4.83. The number of nitrogens with two attached hydrogens (primary N) is 1. The van der Waals surface area contributed by atoms with Crippen LogP contribution in [-0.2, 0) is 0 Å². The average molecular weight is 331 g/mol. The van der Waals surface area contributed by atoms with E-state index in [0.717, 1.165) is 19.3 Å². The predicted molar refractivity (Wildman–Crippen MR) is 72.7 cm³/mol. The molecule has 1 aromatic carbocycles. The summed E-state index contributed by atoms with van der Waals surface area (Å²) >= 11 is 3.06. The largest absolute Gasteiger partial charge is 0.506 e. The molecule has 7 heteroatoms. The number of halogens is 1. The maximum absolute atomic E-state index is 10.8. The van der Waals surface area contributed by atoms with Crippen LogP contribution in [0.1, 0.15) is 30.9 Å². The lowest BCUT2D eigenvalue weighted by atomic mass is 9.77. The molecule has 2 rings (SSSR count). The minimum Gasteiger partial charge on any atom is -0.506 e. The van der Waals surface area contributed by atoms with Crippen molar-refractivity contribution in [2.75, 3.05) is 0 Å². The van der Waals surface area contributed by atoms with Gasteiger partial charge in [0, 0.05) is 17.7 Å². The van der Waals surface area contributed by atoms with Crippen LogP contribution >= 0.6 is 15.9 Å². The highest BCUT2D eigenvalue weighted by Crippen LogP contribution is 2.40. The summed E-state index contributed by atoms with van der Waals surface area (Å²) in [4.78, 5) is 10.3. The van der Waals surface area contributed by atoms with Gasteiger partial charge < -0.3 is 15.9 Å². The Kier molecular flexibility index (Phi) is 4.07. The molecule has 19 heavy (non-hydrogen) atoms. The van der Waals surface area contributed by atoms with E-state index in [0.29, 0.717) is 0 Å². The zero-order valence-corrected chi connectivity index (χ0v) is 11.7. The van der Waals surface area contributed by atoms with Gasteiger partial charge >= 0.3 is 0 Å². The number of rotatable bonds is 4. The Morgan fingerprint density at radius 3 is 2.58 bits per heavy atom. The van der Waals surface area contributed by atoms with Crippen molar-refractivity contribution in [3.05, 3.63) is 32.3 Å². The Labute approximate surface area is 118 Å². The van der Waals surface area contributed by atoms with Crippen molar-refractivity contribution in [2.45, 2.75) is 31.4 Å². The van der Waals surface area contributed by atoms with E-state index in [9.17, 15) is 20.3 Å². The number of nitro benzene ring substituents is 1. The number of nitrogens with zero attached hydrogens (tertiary/aromatic N) is 1. The minimum atomic E-state index is -0.832. The van der Waals surface area contributed by atoms with E-state index in [1.807, 2.05) is 0 Å². The first-order valence-electron chi connectivity index (χ1n) is 6.02. The van der Waals surface area contributed by atoms with E-state index in [1.165, 1.54) is 12.1 Å². The molecule has 0 aromatic heterocycles. The van der Waals surface area contributed by atoms with Gasteiger partial charge in [-0.1, -0.05) is 6.42 Å². The summed E-state index contributed by atoms with van der Waals surface area (Å²) < 4.78 is 0.202. The van der Waals surface area contributed by atoms with Crippen molar-refractivity contribution < 1.29 is 15.1 Å². The molecule has 6 nitrogen and oxygen atoms in total. The number of hydrogen-bond acceptors (Lipinski definition) is 5. The van der Waals surface area contributed by atoms with Crippen LogP contribution in [0.5, 0.6) is 5.75 Å². The van der Waals surface area contributed by atoms with Crippen LogP contribution in [0.3, 0.4) is 0 Å². The molecule has 0 saturated heterocycles. The van der Waals surface area contributed by atoms with Crippen molar-refractivity contribution in [2.24, 2.45) is 11.7 Å². The summed E-state index contributed by atoms with van der Waals surface area (Å²) in [6, 6.07) is 1.59. The zero-order valence-electron chi connectivity index (χ0n) is 10.1. The van der Waals surface area contributed by atoms with Gasteiger partial charge in [-0.05, 0) is 34.7 Å². The number of phenols is 1. The van der Waals surface area contributed by atoms with Gasteiger partial charge in [-0.2, -0.15) is 0 Å². The van der Waals surface area contributed by atoms with E-state index >= 15 is 0 Å². The summed E-state index contributed by atoms with van der Waals surface area (Å²) in [6.07, 6.45) is 2.05. The van der Waals surface area contributed by atoms with Gasteiger partial charge in [0.25, 0.3) is 5.69 Å². The van der Waals surface area contributed by atoms with Crippen LogP contribution in [0.4, 0.5) is 5.69 Å². The van der Waals surface area contributed by atoms with Crippen LogP contribution in [0.25, 0.3) is 0 Å². The number of phenolic OH excluding ortho intramolecular Hbond substituents is 1. The molecule has 1 fully saturated rings. The fourth-order valence-electron chi connectivity index (χ4n) is 2.22. The van der Waals surface area contributed by atoms with E-state index in [2.05, 4.69) is 15.9 Å². The summed E-state index contributed by atoms with van der Waals surface area (Å²) in [5.41, 5.74) is 5.96. The SMILES string of the molecule is N[C@H](c1cc([N+](=O)[O-])cc(Br)c1O)[C@@H](O)C1CCC1. The summed E-state index contributed by atoms with van der Waals surface area (Å²) in [7, 11) is 0. The van der Waals surface area contributed by atoms with Gasteiger partial charge in [0.1, 0.15) is 5.75 Å². The standard InChI is InChI=1S/C12H15BrN2O4/c13-9-5-7(15(18)19)4-8(12(9)17)10(14)11(16)6-2-1-3-6/h4-6,10-11,16-17H,1-3,14H2/t10-,11+/m1/s1. The molecule has 0 unspecified atom stereocenters. The number of non-ortho nitro benzene ring substituents is 1. The highest BCUT2D eigenvalue weighted by Gasteiger charge is 2.33. The number of aliphatic hydroxyl groups excluding tert-OH is 1. The van der Waals surface area contributed by atoms with Crippen molar-refractivity contribution in [3.63, 3.8) is 0 Å². The molecule has 1 aromatic rings. The molecule has 1 saturated carbocycles. The zero-order chi connectivity index (χ0) is 14.2. The van der Waals surface area contributed by atoms with Crippen LogP contribution in [0, 0.1) is 16.0 Å². The van der Waals surface area contributed by atoms with Gasteiger partial charge in [0.2, 0.25) is 0 Å². The maximum Gasteiger partial charge on any atom is 0.271 e. The molecule has 0 bridgehead atoms. The third-order valence-corrected chi connectivity index (χ3v) is 4.25. The summed E-state index contributed by atoms with van der Waals surface area (Å²) in [5.74, 6) is -0.0519. The molecule has 0 radical (unpaired) electrons. The van der Waals surface area contributed by atoms with Gasteiger partial charge in [-0.3, -0.25) is 10.1 Å². The minimum absolute atomic E-state index is 0.104. The molecule has 104 valence electrons. The quantitative estimate of drug-likeness (QED) is 0.579. The topological polar surface area (TPSA) is 110 Å². The number of aliphatic hydroxyl groups is 1. The number of hydrogen-bond donors (Lipinski definition) is 3. The Hall–Kier alpha value is -1.18. The number of benzene rings is 1. The van der Waals surface area contributed by atoms with E-state index in [4.69, 9.17) is 5.73 Å². The second kappa shape index (κ2) is 5.44. The smallest absolute Gasteiger partial charge is 0.271 e. The average Bonchev–Trinajstić information content (AvgIpc) is 2.29. The highest BCUT2D eigenvalue weighted by molar-refractivity contribution is 9.10. The maximum atomic E-state index is 10.8. The Bertz CT molecular complexity index is 505. The highest BCUT2D eigenvalue weighted by atomic mass is 79.9. The third kappa shape index (κ3) is 2.72. The summed E-state index contributed by atoms with van der Waals surface area (Å²) in [6.45, 7) is 0. The van der Waals surface area contributed by atoms with Gasteiger partial charge in [-0.15, -0.1) is 0 Å². The third-order valence-electron chi connectivity index (χ3n) is 3.65. The fraction of sp³-hybridized carbons (Fsp3) is 0.500. The summed E-state index contributed by atoms with van der Waals surface area (Å²) in [5, 5.41) is 30.9. The molecule has 1 aliphatic rings. The van der Waals surface area contributed by atoms with Gasteiger partial charge in [-0.25, -0.2) is 0 Å². The molecule has 2 atom stereocenters. The first-order chi connectivity index (χ1) is 8.91. The normalized spacial score (nSPS) is 18.7. The van der Waals surface area contributed by atoms with Gasteiger partial charge in [0.15, 0.2) is 0 Å². The van der Waals surface area contributed by atoms with Crippen LogP contribution < -0.4 is 5.73 Å². The van der Waals surface area contributed by atoms with Crippen molar-refractivity contribution >= 4 is 21.6 Å². The first-order valence-corrected chi connectivity index (χ1v) is 6.81. The lowest BCUT2D eigenvalue weighted by Gasteiger charge is -2.34. The van der Waals surface area contributed by atoms with E-state index < -0.39 is 17.1 Å². The Morgan fingerprint density at radius 1 is 1.47 bits per heavy atom. The molecule has 1 aliphatic carbocycles.